The number of rotatable bonds is 1. The van der Waals surface area contributed by atoms with E-state index in [9.17, 15) is 0 Å². The van der Waals surface area contributed by atoms with E-state index in [-0.39, 0.29) is 38.1 Å². The van der Waals surface area contributed by atoms with E-state index >= 15 is 0 Å². The molecule has 2 aromatic rings. The summed E-state index contributed by atoms with van der Waals surface area (Å²) >= 11 is 0. The Balaban J connectivity index is 0.00000144. The van der Waals surface area contributed by atoms with Crippen molar-refractivity contribution in [1.82, 2.24) is 0 Å². The Labute approximate surface area is 129 Å². The Morgan fingerprint density at radius 1 is 0.882 bits per heavy atom. The summed E-state index contributed by atoms with van der Waals surface area (Å²) in [7, 11) is 0. The van der Waals surface area contributed by atoms with Crippen molar-refractivity contribution >= 4 is 0 Å². The van der Waals surface area contributed by atoms with Gasteiger partial charge in [0.15, 0.2) is 0 Å². The molecule has 1 heteroatoms. The fourth-order valence-electron chi connectivity index (χ4n) is 1.62. The summed E-state index contributed by atoms with van der Waals surface area (Å²) in [5, 5.41) is 0. The summed E-state index contributed by atoms with van der Waals surface area (Å²) in [6.45, 7) is 6.62. The SMILES string of the molecule is CC(C)(C)c1[c-]c(-c2[c-]cccc2)ccc1.[Y]. The van der Waals surface area contributed by atoms with E-state index in [2.05, 4.69) is 57.2 Å². The molecule has 0 spiro atoms. The third-order valence-electron chi connectivity index (χ3n) is 2.60. The minimum atomic E-state index is 0. The maximum atomic E-state index is 3.47. The van der Waals surface area contributed by atoms with Crippen LogP contribution in [0.4, 0.5) is 0 Å². The summed E-state index contributed by atoms with van der Waals surface area (Å²) in [4.78, 5) is 0. The van der Waals surface area contributed by atoms with E-state index in [1.165, 1.54) is 5.56 Å². The van der Waals surface area contributed by atoms with Crippen molar-refractivity contribution in [2.45, 2.75) is 26.2 Å². The minimum Gasteiger partial charge on any atom is -0.226 e. The van der Waals surface area contributed by atoms with E-state index in [1.807, 2.05) is 18.2 Å². The third-order valence-corrected chi connectivity index (χ3v) is 2.60. The molecule has 1 radical (unpaired) electrons. The van der Waals surface area contributed by atoms with Gasteiger partial charge in [-0.05, 0) is 5.41 Å². The van der Waals surface area contributed by atoms with Crippen molar-refractivity contribution < 1.29 is 32.7 Å². The normalized spacial score (nSPS) is 10.8. The number of hydrogen-bond donors (Lipinski definition) is 0. The fourth-order valence-corrected chi connectivity index (χ4v) is 1.62. The van der Waals surface area contributed by atoms with Crippen LogP contribution in [0.25, 0.3) is 11.1 Å². The summed E-state index contributed by atoms with van der Waals surface area (Å²) in [5.41, 5.74) is 3.61. The molecule has 0 amide bonds. The van der Waals surface area contributed by atoms with Crippen LogP contribution in [0.2, 0.25) is 0 Å². The van der Waals surface area contributed by atoms with Crippen molar-refractivity contribution in [3.05, 3.63) is 60.2 Å². The van der Waals surface area contributed by atoms with Gasteiger partial charge < -0.3 is 0 Å². The molecule has 17 heavy (non-hydrogen) atoms. The molecular weight excluding hydrogens is 281 g/mol. The third kappa shape index (κ3) is 3.76. The molecule has 0 nitrogen and oxygen atoms in total. The van der Waals surface area contributed by atoms with Crippen LogP contribution in [0.5, 0.6) is 0 Å². The van der Waals surface area contributed by atoms with Gasteiger partial charge in [0.2, 0.25) is 0 Å². The zero-order chi connectivity index (χ0) is 11.6. The smallest absolute Gasteiger partial charge is 0 e. The van der Waals surface area contributed by atoms with E-state index in [1.54, 1.807) is 0 Å². The van der Waals surface area contributed by atoms with Crippen molar-refractivity contribution in [1.29, 1.82) is 0 Å². The molecule has 0 unspecified atom stereocenters. The average Bonchev–Trinajstić information content (AvgIpc) is 2.29. The second-order valence-electron chi connectivity index (χ2n) is 5.00. The van der Waals surface area contributed by atoms with Gasteiger partial charge in [0.05, 0.1) is 0 Å². The molecule has 0 bridgehead atoms. The van der Waals surface area contributed by atoms with Crippen LogP contribution in [-0.2, 0) is 38.1 Å². The molecule has 0 atom stereocenters. The second-order valence-corrected chi connectivity index (χ2v) is 5.00. The monoisotopic (exact) mass is 297 g/mol. The summed E-state index contributed by atoms with van der Waals surface area (Å²) < 4.78 is 0. The molecule has 0 saturated carbocycles. The van der Waals surface area contributed by atoms with Gasteiger partial charge in [0.25, 0.3) is 0 Å². The summed E-state index contributed by atoms with van der Waals surface area (Å²) in [6, 6.07) is 21.0. The van der Waals surface area contributed by atoms with Crippen LogP contribution in [0.1, 0.15) is 26.3 Å². The van der Waals surface area contributed by atoms with Crippen LogP contribution in [0.15, 0.2) is 42.5 Å². The van der Waals surface area contributed by atoms with Crippen LogP contribution in [-0.4, -0.2) is 0 Å². The minimum absolute atomic E-state index is 0. The maximum absolute atomic E-state index is 3.47. The molecular formula is C16H16Y-2. The quantitative estimate of drug-likeness (QED) is 0.690. The molecule has 85 valence electrons. The molecule has 0 fully saturated rings. The van der Waals surface area contributed by atoms with E-state index < -0.39 is 0 Å². The largest absolute Gasteiger partial charge is 0.226 e. The standard InChI is InChI=1S/C16H16.Y/c1-16(2,3)15-11-7-10-14(12-15)13-8-5-4-6-9-13;/h4-8,10-11H,1-3H3;/q-2;. The number of benzene rings is 2. The predicted molar refractivity (Wildman–Crippen MR) is 68.3 cm³/mol. The van der Waals surface area contributed by atoms with E-state index in [0.29, 0.717) is 0 Å². The molecule has 0 aliphatic carbocycles. The Kier molecular flexibility index (Phi) is 5.10. The fraction of sp³-hybridized carbons (Fsp3) is 0.250. The van der Waals surface area contributed by atoms with Gasteiger partial charge in [-0.1, -0.05) is 20.8 Å². The van der Waals surface area contributed by atoms with Crippen LogP contribution in [0.3, 0.4) is 0 Å². The first-order valence-electron chi connectivity index (χ1n) is 5.57. The van der Waals surface area contributed by atoms with Crippen molar-refractivity contribution in [3.63, 3.8) is 0 Å². The topological polar surface area (TPSA) is 0 Å². The van der Waals surface area contributed by atoms with Crippen molar-refractivity contribution in [2.75, 3.05) is 0 Å². The summed E-state index contributed by atoms with van der Waals surface area (Å²) in [6.07, 6.45) is 0. The first kappa shape index (κ1) is 14.6. The Bertz CT molecular complexity index is 466. The molecule has 0 N–H and O–H groups in total. The van der Waals surface area contributed by atoms with Crippen LogP contribution >= 0.6 is 0 Å². The van der Waals surface area contributed by atoms with Gasteiger partial charge in [-0.25, -0.2) is 11.1 Å². The van der Waals surface area contributed by atoms with Gasteiger partial charge in [0, 0.05) is 32.7 Å². The molecule has 0 aliphatic heterocycles. The van der Waals surface area contributed by atoms with E-state index in [4.69, 9.17) is 0 Å². The van der Waals surface area contributed by atoms with Gasteiger partial charge in [-0.15, -0.1) is 17.7 Å². The van der Waals surface area contributed by atoms with Gasteiger partial charge in [-0.2, -0.15) is 42.5 Å². The number of hydrogen-bond acceptors (Lipinski definition) is 0. The van der Waals surface area contributed by atoms with Crippen LogP contribution in [0, 0.1) is 12.1 Å². The zero-order valence-corrected chi connectivity index (χ0v) is 13.5. The predicted octanol–water partition coefficient (Wildman–Crippen LogP) is 4.25. The Morgan fingerprint density at radius 3 is 2.18 bits per heavy atom. The summed E-state index contributed by atoms with van der Waals surface area (Å²) in [5.74, 6) is 0. The van der Waals surface area contributed by atoms with Crippen LogP contribution < -0.4 is 0 Å². The Morgan fingerprint density at radius 2 is 1.59 bits per heavy atom. The maximum Gasteiger partial charge on any atom is 0 e. The van der Waals surface area contributed by atoms with Gasteiger partial charge in [-0.3, -0.25) is 0 Å². The average molecular weight is 297 g/mol. The van der Waals surface area contributed by atoms with Gasteiger partial charge in [0.1, 0.15) is 0 Å². The first-order valence-corrected chi connectivity index (χ1v) is 5.57. The van der Waals surface area contributed by atoms with Crippen molar-refractivity contribution in [2.24, 2.45) is 0 Å². The zero-order valence-electron chi connectivity index (χ0n) is 10.6. The second kappa shape index (κ2) is 5.93. The molecule has 0 aromatic heterocycles. The first-order chi connectivity index (χ1) is 7.57. The molecule has 0 saturated heterocycles. The van der Waals surface area contributed by atoms with Gasteiger partial charge >= 0.3 is 0 Å². The Hall–Kier alpha value is -0.456. The van der Waals surface area contributed by atoms with Crippen molar-refractivity contribution in [3.8, 4) is 11.1 Å². The van der Waals surface area contributed by atoms with E-state index in [0.717, 1.165) is 11.1 Å². The molecule has 0 aliphatic rings. The molecule has 2 aromatic carbocycles. The molecule has 2 rings (SSSR count). The molecule has 0 heterocycles.